The van der Waals surface area contributed by atoms with Crippen molar-refractivity contribution in [2.45, 2.75) is 77.8 Å². The van der Waals surface area contributed by atoms with Crippen LogP contribution in [0.3, 0.4) is 0 Å². The molecule has 2 amide bonds. The second-order valence-electron chi connectivity index (χ2n) is 7.74. The van der Waals surface area contributed by atoms with E-state index < -0.39 is 32.0 Å². The molecule has 0 aliphatic rings. The number of nitrogens with one attached hydrogen (secondary N) is 4. The zero-order valence-electron chi connectivity index (χ0n) is 18.1. The Morgan fingerprint density at radius 3 is 1.26 bits per heavy atom. The molecule has 8 nitrogen and oxygen atoms in total. The molecule has 0 aromatic rings. The van der Waals surface area contributed by atoms with Crippen LogP contribution in [0.5, 0.6) is 0 Å². The Labute approximate surface area is 165 Å². The fourth-order valence-electron chi connectivity index (χ4n) is 3.32. The molecule has 0 fully saturated rings. The fourth-order valence-corrected chi connectivity index (χ4v) is 5.71. The van der Waals surface area contributed by atoms with E-state index in [9.17, 15) is 19.2 Å². The van der Waals surface area contributed by atoms with Crippen LogP contribution in [0.1, 0.15) is 54.4 Å². The summed E-state index contributed by atoms with van der Waals surface area (Å²) in [6, 6.07) is -0.846. The third-order valence-electron chi connectivity index (χ3n) is 5.00. The summed E-state index contributed by atoms with van der Waals surface area (Å²) in [5.74, 6) is -0.415. The first kappa shape index (κ1) is 26.0. The maximum atomic E-state index is 12.5. The van der Waals surface area contributed by atoms with Crippen LogP contribution in [-0.4, -0.2) is 67.5 Å². The lowest BCUT2D eigenvalue weighted by Crippen LogP contribution is -2.70. The van der Waals surface area contributed by atoms with Crippen molar-refractivity contribution in [3.05, 3.63) is 0 Å². The summed E-state index contributed by atoms with van der Waals surface area (Å²) in [5.41, 5.74) is -1.56. The number of rotatable bonds is 12. The third-order valence-corrected chi connectivity index (χ3v) is 8.15. The predicted molar refractivity (Wildman–Crippen MR) is 110 cm³/mol. The van der Waals surface area contributed by atoms with Gasteiger partial charge in [-0.3, -0.25) is 9.59 Å². The van der Waals surface area contributed by atoms with Gasteiger partial charge in [0.05, 0.1) is 23.4 Å². The van der Waals surface area contributed by atoms with E-state index in [0.29, 0.717) is 12.8 Å². The summed E-state index contributed by atoms with van der Waals surface area (Å²) >= 11 is 0. The molecule has 0 heterocycles. The zero-order valence-corrected chi connectivity index (χ0v) is 19.1. The van der Waals surface area contributed by atoms with Gasteiger partial charge in [0.15, 0.2) is 0 Å². The molecule has 0 bridgehead atoms. The maximum absolute atomic E-state index is 12.5. The van der Waals surface area contributed by atoms with E-state index in [2.05, 4.69) is 21.3 Å². The molecule has 0 saturated heterocycles. The molecule has 0 rings (SSSR count). The summed E-state index contributed by atoms with van der Waals surface area (Å²) in [6.07, 6.45) is 0.733. The molecule has 0 aromatic carbocycles. The molecular weight excluding hydrogens is 364 g/mol. The van der Waals surface area contributed by atoms with Gasteiger partial charge in [-0.25, -0.2) is 0 Å². The van der Waals surface area contributed by atoms with Gasteiger partial charge >= 0.3 is 8.56 Å². The van der Waals surface area contributed by atoms with Crippen LogP contribution in [0.25, 0.3) is 0 Å². The Kier molecular flexibility index (Phi) is 11.3. The third kappa shape index (κ3) is 7.15. The van der Waals surface area contributed by atoms with E-state index >= 15 is 0 Å². The minimum atomic E-state index is -3.99. The molecule has 6 N–H and O–H groups in total. The first-order valence-corrected chi connectivity index (χ1v) is 11.9. The highest BCUT2D eigenvalue weighted by Crippen LogP contribution is 2.15. The number of hydrogen-bond donors (Lipinski definition) is 6. The van der Waals surface area contributed by atoms with Crippen LogP contribution in [-0.2, 0) is 9.59 Å². The fraction of sp³-hybridized carbons (Fsp3) is 0.889. The molecule has 160 valence electrons. The molecule has 0 aromatic heterocycles. The largest absolute Gasteiger partial charge is 0.408 e. The molecular formula is C18H40N4O4Si. The summed E-state index contributed by atoms with van der Waals surface area (Å²) in [7, 11) is -0.592. The number of carbonyl (C=O) groups excluding carboxylic acids is 2. The van der Waals surface area contributed by atoms with E-state index in [1.165, 1.54) is 0 Å². The van der Waals surface area contributed by atoms with Gasteiger partial charge in [-0.15, -0.1) is 0 Å². The Balaban J connectivity index is 5.36. The second kappa shape index (κ2) is 11.8. The molecule has 0 radical (unpaired) electrons. The minimum Gasteiger partial charge on any atom is -0.408 e. The van der Waals surface area contributed by atoms with Crippen LogP contribution in [0.4, 0.5) is 0 Å². The Morgan fingerprint density at radius 1 is 0.778 bits per heavy atom. The van der Waals surface area contributed by atoms with Gasteiger partial charge < -0.3 is 30.9 Å². The highest BCUT2D eigenvalue weighted by molar-refractivity contribution is 6.68. The van der Waals surface area contributed by atoms with E-state index in [1.54, 1.807) is 27.9 Å². The summed E-state index contributed by atoms with van der Waals surface area (Å²) < 4.78 is 0. The number of carbonyl (C=O) groups is 2. The lowest BCUT2D eigenvalue weighted by Gasteiger charge is -2.36. The van der Waals surface area contributed by atoms with Crippen LogP contribution < -0.4 is 21.3 Å². The van der Waals surface area contributed by atoms with Crippen molar-refractivity contribution < 1.29 is 19.2 Å². The normalized spacial score (nSPS) is 16.7. The first-order chi connectivity index (χ1) is 12.5. The Morgan fingerprint density at radius 2 is 1.07 bits per heavy atom. The first-order valence-electron chi connectivity index (χ1n) is 9.87. The van der Waals surface area contributed by atoms with Crippen molar-refractivity contribution in [2.24, 2.45) is 11.8 Å². The molecule has 4 atom stereocenters. The highest BCUT2D eigenvalue weighted by atomic mass is 28.4. The molecule has 27 heavy (non-hydrogen) atoms. The minimum absolute atomic E-state index is 0.0602. The Hall–Kier alpha value is -1.00. The lowest BCUT2D eigenvalue weighted by atomic mass is 10.0. The van der Waals surface area contributed by atoms with E-state index in [-0.39, 0.29) is 23.7 Å². The quantitative estimate of drug-likeness (QED) is 0.250. The monoisotopic (exact) mass is 404 g/mol. The van der Waals surface area contributed by atoms with Crippen LogP contribution in [0.15, 0.2) is 0 Å². The van der Waals surface area contributed by atoms with Crippen molar-refractivity contribution in [2.75, 3.05) is 14.1 Å². The maximum Gasteiger partial charge on any atom is 0.378 e. The van der Waals surface area contributed by atoms with E-state index in [1.807, 2.05) is 27.7 Å². The number of hydrogen-bond acceptors (Lipinski definition) is 6. The smallest absolute Gasteiger partial charge is 0.378 e. The predicted octanol–water partition coefficient (Wildman–Crippen LogP) is -0.231. The van der Waals surface area contributed by atoms with E-state index in [4.69, 9.17) is 0 Å². The molecule has 0 saturated carbocycles. The summed E-state index contributed by atoms with van der Waals surface area (Å²) in [5, 5.41) is 11.5. The average molecular weight is 405 g/mol. The van der Waals surface area contributed by atoms with Gasteiger partial charge in [-0.05, 0) is 38.8 Å². The van der Waals surface area contributed by atoms with Crippen LogP contribution >= 0.6 is 0 Å². The summed E-state index contributed by atoms with van der Waals surface area (Å²) in [4.78, 5) is 47.0. The van der Waals surface area contributed by atoms with Gasteiger partial charge in [0, 0.05) is 0 Å². The van der Waals surface area contributed by atoms with Crippen LogP contribution in [0, 0.1) is 11.8 Å². The average Bonchev–Trinajstić information content (AvgIpc) is 2.57. The van der Waals surface area contributed by atoms with Gasteiger partial charge in [0.1, 0.15) is 0 Å². The highest BCUT2D eigenvalue weighted by Gasteiger charge is 2.48. The Bertz CT molecular complexity index is 434. The van der Waals surface area contributed by atoms with Gasteiger partial charge in [0.2, 0.25) is 11.8 Å². The van der Waals surface area contributed by atoms with Gasteiger partial charge in [-0.1, -0.05) is 41.5 Å². The second-order valence-corrected chi connectivity index (χ2v) is 10.7. The molecule has 0 unspecified atom stereocenters. The topological polar surface area (TPSA) is 123 Å². The summed E-state index contributed by atoms with van der Waals surface area (Å²) in [6.45, 7) is 11.3. The SMILES string of the molecule is CC[C@H](NC(=O)[C@@H](NC)C(C)C)[Si](O)(O)[C@H](CC)NC(=O)[C@@H](NC)C(C)C. The molecule has 0 aliphatic carbocycles. The van der Waals surface area contributed by atoms with Gasteiger partial charge in [-0.2, -0.15) is 0 Å². The molecule has 9 heteroatoms. The van der Waals surface area contributed by atoms with Crippen molar-refractivity contribution in [3.63, 3.8) is 0 Å². The standard InChI is InChI=1S/C18H40N4O4Si/c1-9-13(21-17(23)15(19-7)11(3)4)27(25,26)14(10-2)22-18(24)16(20-8)12(5)6/h11-16,19-20,25-26H,9-10H2,1-8H3,(H,21,23)(H,22,24)/t13-,14-,15+,16+/m1/s1. The number of likely N-dealkylation sites (N-methyl/N-ethyl adjacent to an activating group) is 2. The zero-order chi connectivity index (χ0) is 21.4. The van der Waals surface area contributed by atoms with Crippen molar-refractivity contribution in [1.82, 2.24) is 21.3 Å². The van der Waals surface area contributed by atoms with Crippen LogP contribution in [0.2, 0.25) is 0 Å². The molecule has 0 aliphatic heterocycles. The number of amides is 2. The van der Waals surface area contributed by atoms with Crippen molar-refractivity contribution >= 4 is 20.4 Å². The van der Waals surface area contributed by atoms with Crippen molar-refractivity contribution in [3.8, 4) is 0 Å². The van der Waals surface area contributed by atoms with E-state index in [0.717, 1.165) is 0 Å². The molecule has 0 spiro atoms. The van der Waals surface area contributed by atoms with Gasteiger partial charge in [0.25, 0.3) is 0 Å². The van der Waals surface area contributed by atoms with Crippen molar-refractivity contribution in [1.29, 1.82) is 0 Å². The lowest BCUT2D eigenvalue weighted by molar-refractivity contribution is -0.124.